The standard InChI is InChI=1S/C15H20N4/c16-14-5-1-3-13(11-14)4-2-7-18-9-10-19-8-6-17-15(19)12-18/h1,3,5-6,8,11H,2,4,7,9-10,12,16H2. The Balaban J connectivity index is 1.49. The third-order valence-electron chi connectivity index (χ3n) is 3.71. The number of nitrogens with zero attached hydrogens (tertiary/aromatic N) is 3. The quantitative estimate of drug-likeness (QED) is 0.850. The van der Waals surface area contributed by atoms with Gasteiger partial charge in [-0.05, 0) is 37.1 Å². The first kappa shape index (κ1) is 12.2. The van der Waals surface area contributed by atoms with E-state index in [-0.39, 0.29) is 0 Å². The number of hydrogen-bond donors (Lipinski definition) is 1. The zero-order valence-corrected chi connectivity index (χ0v) is 11.1. The molecule has 0 saturated carbocycles. The lowest BCUT2D eigenvalue weighted by Gasteiger charge is -2.27. The minimum atomic E-state index is 0.859. The fraction of sp³-hybridized carbons (Fsp3) is 0.400. The van der Waals surface area contributed by atoms with Crippen molar-refractivity contribution in [3.63, 3.8) is 0 Å². The highest BCUT2D eigenvalue weighted by molar-refractivity contribution is 5.40. The second-order valence-corrected chi connectivity index (χ2v) is 5.16. The van der Waals surface area contributed by atoms with Crippen LogP contribution in [0.15, 0.2) is 36.7 Å². The molecule has 0 amide bonds. The maximum Gasteiger partial charge on any atom is 0.122 e. The van der Waals surface area contributed by atoms with Crippen LogP contribution in [0.4, 0.5) is 5.69 Å². The molecule has 0 atom stereocenters. The first-order valence-electron chi connectivity index (χ1n) is 6.88. The van der Waals surface area contributed by atoms with Gasteiger partial charge < -0.3 is 10.3 Å². The molecular weight excluding hydrogens is 236 g/mol. The SMILES string of the molecule is Nc1cccc(CCCN2CCn3ccnc3C2)c1. The number of benzene rings is 1. The van der Waals surface area contributed by atoms with E-state index < -0.39 is 0 Å². The Morgan fingerprint density at radius 1 is 1.26 bits per heavy atom. The van der Waals surface area contributed by atoms with Gasteiger partial charge in [0.25, 0.3) is 0 Å². The number of anilines is 1. The van der Waals surface area contributed by atoms with Crippen molar-refractivity contribution in [3.05, 3.63) is 48.0 Å². The van der Waals surface area contributed by atoms with E-state index in [1.807, 2.05) is 18.3 Å². The van der Waals surface area contributed by atoms with Crippen molar-refractivity contribution >= 4 is 5.69 Å². The monoisotopic (exact) mass is 256 g/mol. The van der Waals surface area contributed by atoms with Gasteiger partial charge in [0.1, 0.15) is 5.82 Å². The maximum absolute atomic E-state index is 5.79. The summed E-state index contributed by atoms with van der Waals surface area (Å²) in [6.45, 7) is 4.29. The summed E-state index contributed by atoms with van der Waals surface area (Å²) in [6.07, 6.45) is 6.23. The van der Waals surface area contributed by atoms with Crippen LogP contribution in [0.5, 0.6) is 0 Å². The first-order valence-corrected chi connectivity index (χ1v) is 6.88. The van der Waals surface area contributed by atoms with Gasteiger partial charge in [-0.15, -0.1) is 0 Å². The van der Waals surface area contributed by atoms with Crippen LogP contribution in [0.1, 0.15) is 17.8 Å². The summed E-state index contributed by atoms with van der Waals surface area (Å²) in [5.74, 6) is 1.19. The van der Waals surface area contributed by atoms with Crippen molar-refractivity contribution < 1.29 is 0 Å². The molecule has 100 valence electrons. The van der Waals surface area contributed by atoms with Crippen LogP contribution in [0.3, 0.4) is 0 Å². The summed E-state index contributed by atoms with van der Waals surface area (Å²) in [7, 11) is 0. The third-order valence-corrected chi connectivity index (χ3v) is 3.71. The summed E-state index contributed by atoms with van der Waals surface area (Å²) in [6, 6.07) is 8.19. The first-order chi connectivity index (χ1) is 9.31. The van der Waals surface area contributed by atoms with Crippen molar-refractivity contribution in [2.75, 3.05) is 18.8 Å². The molecule has 4 heteroatoms. The predicted molar refractivity (Wildman–Crippen MR) is 76.7 cm³/mol. The Hall–Kier alpha value is -1.81. The topological polar surface area (TPSA) is 47.1 Å². The van der Waals surface area contributed by atoms with E-state index >= 15 is 0 Å². The van der Waals surface area contributed by atoms with E-state index in [4.69, 9.17) is 5.73 Å². The molecule has 1 aliphatic heterocycles. The largest absolute Gasteiger partial charge is 0.399 e. The fourth-order valence-electron chi connectivity index (χ4n) is 2.67. The molecule has 0 spiro atoms. The van der Waals surface area contributed by atoms with E-state index in [1.54, 1.807) is 0 Å². The highest BCUT2D eigenvalue weighted by Crippen LogP contribution is 2.12. The molecule has 0 saturated heterocycles. The molecular formula is C15H20N4. The number of imidazole rings is 1. The lowest BCUT2D eigenvalue weighted by molar-refractivity contribution is 0.215. The van der Waals surface area contributed by atoms with Gasteiger partial charge in [0.05, 0.1) is 6.54 Å². The smallest absolute Gasteiger partial charge is 0.122 e. The van der Waals surface area contributed by atoms with Gasteiger partial charge >= 0.3 is 0 Å². The van der Waals surface area contributed by atoms with Gasteiger partial charge in [0, 0.05) is 31.2 Å². The second kappa shape index (κ2) is 5.45. The van der Waals surface area contributed by atoms with E-state index in [0.29, 0.717) is 0 Å². The molecule has 2 heterocycles. The third kappa shape index (κ3) is 2.96. The summed E-state index contributed by atoms with van der Waals surface area (Å²) in [5.41, 5.74) is 7.98. The molecule has 2 N–H and O–H groups in total. The van der Waals surface area contributed by atoms with Gasteiger partial charge in [-0.2, -0.15) is 0 Å². The summed E-state index contributed by atoms with van der Waals surface area (Å²) in [4.78, 5) is 6.87. The van der Waals surface area contributed by atoms with Gasteiger partial charge in [-0.25, -0.2) is 4.98 Å². The van der Waals surface area contributed by atoms with Gasteiger partial charge in [0.2, 0.25) is 0 Å². The van der Waals surface area contributed by atoms with Crippen molar-refractivity contribution in [3.8, 4) is 0 Å². The molecule has 1 aromatic heterocycles. The Bertz CT molecular complexity index is 547. The number of aromatic nitrogens is 2. The van der Waals surface area contributed by atoms with Gasteiger partial charge in [-0.1, -0.05) is 12.1 Å². The molecule has 0 unspecified atom stereocenters. The van der Waals surface area contributed by atoms with Crippen LogP contribution < -0.4 is 5.73 Å². The zero-order valence-electron chi connectivity index (χ0n) is 11.1. The molecule has 4 nitrogen and oxygen atoms in total. The number of aryl methyl sites for hydroxylation is 1. The zero-order chi connectivity index (χ0) is 13.1. The maximum atomic E-state index is 5.79. The Morgan fingerprint density at radius 3 is 3.11 bits per heavy atom. The van der Waals surface area contributed by atoms with E-state index in [1.165, 1.54) is 17.8 Å². The highest BCUT2D eigenvalue weighted by Gasteiger charge is 2.15. The minimum Gasteiger partial charge on any atom is -0.399 e. The van der Waals surface area contributed by atoms with Crippen molar-refractivity contribution in [1.29, 1.82) is 0 Å². The Labute approximate surface area is 113 Å². The molecule has 19 heavy (non-hydrogen) atoms. The normalized spacial score (nSPS) is 15.4. The van der Waals surface area contributed by atoms with Crippen LogP contribution in [0, 0.1) is 0 Å². The Kier molecular flexibility index (Phi) is 3.51. The summed E-state index contributed by atoms with van der Waals surface area (Å²) >= 11 is 0. The van der Waals surface area contributed by atoms with Crippen LogP contribution in [0.25, 0.3) is 0 Å². The molecule has 0 radical (unpaired) electrons. The number of rotatable bonds is 4. The summed E-state index contributed by atoms with van der Waals surface area (Å²) in [5, 5.41) is 0. The number of fused-ring (bicyclic) bond motifs is 1. The molecule has 0 fully saturated rings. The molecule has 0 bridgehead atoms. The predicted octanol–water partition coefficient (Wildman–Crippen LogP) is 1.91. The average Bonchev–Trinajstić information content (AvgIpc) is 2.86. The fourth-order valence-corrected chi connectivity index (χ4v) is 2.67. The second-order valence-electron chi connectivity index (χ2n) is 5.16. The summed E-state index contributed by atoms with van der Waals surface area (Å²) < 4.78 is 2.24. The van der Waals surface area contributed by atoms with Crippen molar-refractivity contribution in [1.82, 2.24) is 14.5 Å². The van der Waals surface area contributed by atoms with E-state index in [2.05, 4.69) is 32.8 Å². The highest BCUT2D eigenvalue weighted by atomic mass is 15.2. The number of nitrogens with two attached hydrogens (primary N) is 1. The van der Waals surface area contributed by atoms with Crippen LogP contribution in [-0.2, 0) is 19.5 Å². The van der Waals surface area contributed by atoms with Crippen molar-refractivity contribution in [2.24, 2.45) is 0 Å². The van der Waals surface area contributed by atoms with E-state index in [0.717, 1.165) is 38.3 Å². The van der Waals surface area contributed by atoms with Crippen LogP contribution >= 0.6 is 0 Å². The number of nitrogen functional groups attached to an aromatic ring is 1. The van der Waals surface area contributed by atoms with Gasteiger partial charge in [0.15, 0.2) is 0 Å². The van der Waals surface area contributed by atoms with Crippen LogP contribution in [0.2, 0.25) is 0 Å². The lowest BCUT2D eigenvalue weighted by atomic mass is 10.1. The average molecular weight is 256 g/mol. The molecule has 0 aliphatic carbocycles. The minimum absolute atomic E-state index is 0.859. The number of hydrogen-bond acceptors (Lipinski definition) is 3. The van der Waals surface area contributed by atoms with Crippen molar-refractivity contribution in [2.45, 2.75) is 25.9 Å². The molecule has 3 rings (SSSR count). The molecule has 1 aromatic carbocycles. The molecule has 2 aromatic rings. The van der Waals surface area contributed by atoms with Gasteiger partial charge in [-0.3, -0.25) is 4.90 Å². The van der Waals surface area contributed by atoms with Crippen LogP contribution in [-0.4, -0.2) is 27.5 Å². The Morgan fingerprint density at radius 2 is 2.21 bits per heavy atom. The lowest BCUT2D eigenvalue weighted by Crippen LogP contribution is -2.34. The van der Waals surface area contributed by atoms with E-state index in [9.17, 15) is 0 Å². The molecule has 1 aliphatic rings.